The first-order valence-corrected chi connectivity index (χ1v) is 10.5. The number of aromatic nitrogens is 4. The molecule has 0 bridgehead atoms. The van der Waals surface area contributed by atoms with Crippen LogP contribution in [0, 0.1) is 0 Å². The first kappa shape index (κ1) is 20.1. The Balaban J connectivity index is 1.44. The van der Waals surface area contributed by atoms with Gasteiger partial charge in [-0.1, -0.05) is 30.3 Å². The molecular formula is C18H20N6O5S. The Hall–Kier alpha value is -3.15. The van der Waals surface area contributed by atoms with Gasteiger partial charge in [-0.15, -0.1) is 5.10 Å². The number of rotatable bonds is 6. The summed E-state index contributed by atoms with van der Waals surface area (Å²) < 4.78 is 18.6. The summed E-state index contributed by atoms with van der Waals surface area (Å²) in [6.07, 6.45) is 1.27. The monoisotopic (exact) mass is 432 g/mol. The maximum absolute atomic E-state index is 13.1. The number of esters is 1. The standard InChI is InChI=1S/C18H20N6O5S/c1-18(2)14(17(27)29-9-11-6-4-3-5-7-11)24-15(26)13(16(24)30(18)28)20-12(25)8-23-10-19-21-22-23/h3-7,10,13-14,16H,8-9H2,1-2H3,(H,20,25)/t13-,14+,16-,30+/m1/s1. The number of fused-ring (bicyclic) bond motifs is 1. The van der Waals surface area contributed by atoms with Crippen LogP contribution in [0.1, 0.15) is 19.4 Å². The second-order valence-corrected chi connectivity index (χ2v) is 9.72. The third kappa shape index (κ3) is 3.36. The number of carbonyl (C=O) groups excluding carboxylic acids is 3. The van der Waals surface area contributed by atoms with Gasteiger partial charge >= 0.3 is 5.97 Å². The average Bonchev–Trinajstić information content (AvgIpc) is 3.29. The van der Waals surface area contributed by atoms with Gasteiger partial charge in [-0.05, 0) is 29.8 Å². The van der Waals surface area contributed by atoms with Gasteiger partial charge in [0.15, 0.2) is 0 Å². The number of nitrogens with zero attached hydrogens (tertiary/aromatic N) is 5. The van der Waals surface area contributed by atoms with Crippen LogP contribution in [0.4, 0.5) is 0 Å². The average molecular weight is 432 g/mol. The molecule has 2 aliphatic rings. The molecule has 1 aromatic carbocycles. The van der Waals surface area contributed by atoms with E-state index in [-0.39, 0.29) is 13.2 Å². The molecule has 0 radical (unpaired) electrons. The smallest absolute Gasteiger partial charge is 0.330 e. The van der Waals surface area contributed by atoms with Crippen molar-refractivity contribution in [3.05, 3.63) is 42.2 Å². The van der Waals surface area contributed by atoms with E-state index in [0.29, 0.717) is 0 Å². The minimum atomic E-state index is -1.58. The summed E-state index contributed by atoms with van der Waals surface area (Å²) in [5.41, 5.74) is 0.807. The maximum atomic E-state index is 13.1. The van der Waals surface area contributed by atoms with Crippen molar-refractivity contribution in [1.29, 1.82) is 0 Å². The fraction of sp³-hybridized carbons (Fsp3) is 0.444. The van der Waals surface area contributed by atoms with Crippen molar-refractivity contribution in [2.45, 2.75) is 49.2 Å². The SMILES string of the molecule is CC1(C)[C@H](C(=O)OCc2ccccc2)N2C(=O)[C@@H](NC(=O)Cn3cnnn3)[C@H]2[S@@]1=O. The molecule has 2 aliphatic heterocycles. The second kappa shape index (κ2) is 7.59. The molecule has 0 saturated carbocycles. The molecule has 0 aliphatic carbocycles. The summed E-state index contributed by atoms with van der Waals surface area (Å²) in [5.74, 6) is -1.58. The number of carbonyl (C=O) groups is 3. The van der Waals surface area contributed by atoms with Crippen LogP contribution in [0.25, 0.3) is 0 Å². The molecule has 4 rings (SSSR count). The molecule has 2 aromatic rings. The molecule has 1 N–H and O–H groups in total. The van der Waals surface area contributed by atoms with Crippen LogP contribution in [0.15, 0.2) is 36.7 Å². The Morgan fingerprint density at radius 3 is 2.67 bits per heavy atom. The van der Waals surface area contributed by atoms with Crippen molar-refractivity contribution in [2.75, 3.05) is 0 Å². The van der Waals surface area contributed by atoms with Gasteiger partial charge in [0.05, 0.1) is 15.5 Å². The number of β-lactam (4-membered cyclic amide) rings is 1. The number of benzene rings is 1. The lowest BCUT2D eigenvalue weighted by Crippen LogP contribution is -2.71. The zero-order valence-corrected chi connectivity index (χ0v) is 17.1. The van der Waals surface area contributed by atoms with E-state index in [1.807, 2.05) is 30.3 Å². The highest BCUT2D eigenvalue weighted by Crippen LogP contribution is 2.43. The van der Waals surface area contributed by atoms with Crippen LogP contribution in [0.5, 0.6) is 0 Å². The molecular weight excluding hydrogens is 412 g/mol. The van der Waals surface area contributed by atoms with Crippen LogP contribution in [-0.4, -0.2) is 69.3 Å². The number of hydrogen-bond donors (Lipinski definition) is 1. The first-order chi connectivity index (χ1) is 14.3. The van der Waals surface area contributed by atoms with E-state index in [1.165, 1.54) is 15.9 Å². The lowest BCUT2D eigenvalue weighted by molar-refractivity contribution is -0.165. The normalized spacial score (nSPS) is 26.6. The van der Waals surface area contributed by atoms with E-state index in [4.69, 9.17) is 4.74 Å². The highest BCUT2D eigenvalue weighted by atomic mass is 32.2. The number of tetrazole rings is 1. The van der Waals surface area contributed by atoms with Crippen molar-refractivity contribution in [2.24, 2.45) is 0 Å². The molecule has 30 heavy (non-hydrogen) atoms. The highest BCUT2D eigenvalue weighted by Gasteiger charge is 2.68. The van der Waals surface area contributed by atoms with E-state index < -0.39 is 50.8 Å². The van der Waals surface area contributed by atoms with E-state index in [9.17, 15) is 18.6 Å². The topological polar surface area (TPSA) is 136 Å². The first-order valence-electron chi connectivity index (χ1n) is 9.24. The number of nitrogens with one attached hydrogen (secondary N) is 1. The number of ether oxygens (including phenoxy) is 1. The molecule has 0 spiro atoms. The molecule has 2 saturated heterocycles. The van der Waals surface area contributed by atoms with Gasteiger partial charge < -0.3 is 15.0 Å². The Morgan fingerprint density at radius 2 is 2.00 bits per heavy atom. The Morgan fingerprint density at radius 1 is 1.27 bits per heavy atom. The van der Waals surface area contributed by atoms with Crippen LogP contribution >= 0.6 is 0 Å². The predicted molar refractivity (Wildman–Crippen MR) is 103 cm³/mol. The summed E-state index contributed by atoms with van der Waals surface area (Å²) in [4.78, 5) is 39.0. The number of amides is 2. The van der Waals surface area contributed by atoms with Gasteiger partial charge in [-0.3, -0.25) is 13.8 Å². The third-order valence-corrected chi connectivity index (χ3v) is 7.41. The molecule has 2 amide bonds. The fourth-order valence-corrected chi connectivity index (χ4v) is 5.62. The Bertz CT molecular complexity index is 996. The summed E-state index contributed by atoms with van der Waals surface area (Å²) in [6.45, 7) is 3.19. The molecule has 12 heteroatoms. The third-order valence-electron chi connectivity index (χ3n) is 5.22. The second-order valence-electron chi connectivity index (χ2n) is 7.59. The van der Waals surface area contributed by atoms with Gasteiger partial charge in [0.25, 0.3) is 0 Å². The minimum absolute atomic E-state index is 0.0533. The zero-order valence-electron chi connectivity index (χ0n) is 16.3. The van der Waals surface area contributed by atoms with Gasteiger partial charge in [0.2, 0.25) is 11.8 Å². The van der Waals surface area contributed by atoms with Gasteiger partial charge in [-0.2, -0.15) is 0 Å². The van der Waals surface area contributed by atoms with E-state index in [0.717, 1.165) is 5.56 Å². The van der Waals surface area contributed by atoms with Crippen molar-refractivity contribution < 1.29 is 23.3 Å². The zero-order chi connectivity index (χ0) is 21.5. The summed E-state index contributed by atoms with van der Waals surface area (Å²) in [7, 11) is -1.58. The van der Waals surface area contributed by atoms with Crippen LogP contribution < -0.4 is 5.32 Å². The Kier molecular flexibility index (Phi) is 5.10. The summed E-state index contributed by atoms with van der Waals surface area (Å²) in [6, 6.07) is 7.18. The van der Waals surface area contributed by atoms with Crippen LogP contribution in [0.3, 0.4) is 0 Å². The molecule has 3 heterocycles. The predicted octanol–water partition coefficient (Wildman–Crippen LogP) is -1.02. The van der Waals surface area contributed by atoms with Crippen LogP contribution in [0.2, 0.25) is 0 Å². The molecule has 0 unspecified atom stereocenters. The largest absolute Gasteiger partial charge is 0.459 e. The van der Waals surface area contributed by atoms with Gasteiger partial charge in [0.1, 0.15) is 36.9 Å². The van der Waals surface area contributed by atoms with E-state index >= 15 is 0 Å². The van der Waals surface area contributed by atoms with Gasteiger partial charge in [-0.25, -0.2) is 9.48 Å². The Labute approximate surface area is 174 Å². The van der Waals surface area contributed by atoms with Crippen molar-refractivity contribution in [3.8, 4) is 0 Å². The van der Waals surface area contributed by atoms with E-state index in [1.54, 1.807) is 13.8 Å². The summed E-state index contributed by atoms with van der Waals surface area (Å²) in [5, 5.41) is 12.2. The number of hydrogen-bond acceptors (Lipinski definition) is 8. The molecule has 1 aromatic heterocycles. The molecule has 11 nitrogen and oxygen atoms in total. The van der Waals surface area contributed by atoms with Crippen LogP contribution in [-0.2, 0) is 43.1 Å². The quantitative estimate of drug-likeness (QED) is 0.452. The molecule has 2 fully saturated rings. The van der Waals surface area contributed by atoms with Gasteiger partial charge in [0, 0.05) is 0 Å². The van der Waals surface area contributed by atoms with Crippen molar-refractivity contribution >= 4 is 28.6 Å². The lowest BCUT2D eigenvalue weighted by atomic mass is 9.96. The van der Waals surface area contributed by atoms with Crippen molar-refractivity contribution in [1.82, 2.24) is 30.4 Å². The van der Waals surface area contributed by atoms with E-state index in [2.05, 4.69) is 20.8 Å². The molecule has 158 valence electrons. The minimum Gasteiger partial charge on any atom is -0.459 e. The molecule has 4 atom stereocenters. The maximum Gasteiger partial charge on any atom is 0.330 e. The lowest BCUT2D eigenvalue weighted by Gasteiger charge is -2.43. The fourth-order valence-electron chi connectivity index (χ4n) is 3.70. The summed E-state index contributed by atoms with van der Waals surface area (Å²) >= 11 is 0. The highest BCUT2D eigenvalue weighted by molar-refractivity contribution is 7.87. The van der Waals surface area contributed by atoms with Crippen molar-refractivity contribution in [3.63, 3.8) is 0 Å².